The lowest BCUT2D eigenvalue weighted by Gasteiger charge is -2.34. The Morgan fingerprint density at radius 1 is 1.50 bits per heavy atom. The fraction of sp³-hybridized carbons (Fsp3) is 0.929. The van der Waals surface area contributed by atoms with Crippen LogP contribution in [0.4, 0.5) is 0 Å². The first-order chi connectivity index (χ1) is 8.31. The van der Waals surface area contributed by atoms with Crippen LogP contribution in [-0.4, -0.2) is 49.2 Å². The van der Waals surface area contributed by atoms with Gasteiger partial charge in [0.15, 0.2) is 0 Å². The molecule has 1 N–H and O–H groups in total. The van der Waals surface area contributed by atoms with Crippen molar-refractivity contribution in [3.05, 3.63) is 0 Å². The van der Waals surface area contributed by atoms with E-state index < -0.39 is 0 Å². The summed E-state index contributed by atoms with van der Waals surface area (Å²) in [6.07, 6.45) is 2.43. The van der Waals surface area contributed by atoms with Crippen LogP contribution in [0.1, 0.15) is 40.5 Å². The molecule has 1 aliphatic rings. The summed E-state index contributed by atoms with van der Waals surface area (Å²) in [6.45, 7) is 10.6. The predicted octanol–water partition coefficient (Wildman–Crippen LogP) is 1.65. The van der Waals surface area contributed by atoms with Gasteiger partial charge in [-0.25, -0.2) is 0 Å². The van der Waals surface area contributed by atoms with Crippen molar-refractivity contribution in [2.75, 3.05) is 26.7 Å². The molecule has 1 aliphatic heterocycles. The molecular weight excluding hydrogens is 228 g/mol. The fourth-order valence-electron chi connectivity index (χ4n) is 2.32. The molecule has 0 bridgehead atoms. The summed E-state index contributed by atoms with van der Waals surface area (Å²) in [6, 6.07) is 0.560. The summed E-state index contributed by atoms with van der Waals surface area (Å²) in [5, 5.41) is 3.32. The van der Waals surface area contributed by atoms with Crippen molar-refractivity contribution in [2.45, 2.75) is 52.2 Å². The molecular formula is C14H28N2O2. The Hall–Kier alpha value is -0.610. The zero-order valence-electron chi connectivity index (χ0n) is 12.5. The lowest BCUT2D eigenvalue weighted by molar-refractivity contribution is -0.160. The number of hydrogen-bond acceptors (Lipinski definition) is 4. The first-order valence-corrected chi connectivity index (χ1v) is 6.94. The van der Waals surface area contributed by atoms with Gasteiger partial charge in [0, 0.05) is 19.1 Å². The number of esters is 1. The van der Waals surface area contributed by atoms with Crippen LogP contribution in [0.3, 0.4) is 0 Å². The quantitative estimate of drug-likeness (QED) is 0.777. The molecule has 4 nitrogen and oxygen atoms in total. The van der Waals surface area contributed by atoms with Crippen molar-refractivity contribution in [1.82, 2.24) is 10.2 Å². The molecule has 0 aromatic carbocycles. The number of rotatable bonds is 4. The minimum atomic E-state index is -0.388. The summed E-state index contributed by atoms with van der Waals surface area (Å²) in [5.41, 5.74) is -0.388. The van der Waals surface area contributed by atoms with E-state index in [0.717, 1.165) is 19.6 Å². The number of likely N-dealkylation sites (tertiary alicyclic amines) is 1. The van der Waals surface area contributed by atoms with Crippen molar-refractivity contribution in [2.24, 2.45) is 5.92 Å². The van der Waals surface area contributed by atoms with Gasteiger partial charge in [0.1, 0.15) is 5.60 Å². The summed E-state index contributed by atoms with van der Waals surface area (Å²) >= 11 is 0. The molecule has 0 aromatic heterocycles. The van der Waals surface area contributed by atoms with Crippen LogP contribution in [0.15, 0.2) is 0 Å². The van der Waals surface area contributed by atoms with Crippen LogP contribution < -0.4 is 5.32 Å². The van der Waals surface area contributed by atoms with E-state index in [4.69, 9.17) is 4.74 Å². The van der Waals surface area contributed by atoms with E-state index in [1.807, 2.05) is 34.7 Å². The van der Waals surface area contributed by atoms with Crippen LogP contribution in [-0.2, 0) is 9.53 Å². The summed E-state index contributed by atoms with van der Waals surface area (Å²) in [7, 11) is 2.01. The molecule has 4 heteroatoms. The van der Waals surface area contributed by atoms with Crippen LogP contribution in [0.5, 0.6) is 0 Å². The number of hydrogen-bond donors (Lipinski definition) is 1. The number of ether oxygens (including phenoxy) is 1. The molecule has 0 amide bonds. The molecule has 0 spiro atoms. The van der Waals surface area contributed by atoms with Crippen molar-refractivity contribution in [3.8, 4) is 0 Å². The Labute approximate surface area is 111 Å². The largest absolute Gasteiger partial charge is 0.460 e. The van der Waals surface area contributed by atoms with Crippen LogP contribution in [0.25, 0.3) is 0 Å². The molecule has 1 heterocycles. The minimum Gasteiger partial charge on any atom is -0.460 e. The molecule has 1 fully saturated rings. The first kappa shape index (κ1) is 15.4. The second-order valence-corrected chi connectivity index (χ2v) is 6.32. The predicted molar refractivity (Wildman–Crippen MR) is 73.5 cm³/mol. The van der Waals surface area contributed by atoms with E-state index in [-0.39, 0.29) is 17.5 Å². The highest BCUT2D eigenvalue weighted by Gasteiger charge is 2.25. The maximum absolute atomic E-state index is 11.9. The van der Waals surface area contributed by atoms with E-state index in [1.54, 1.807) is 0 Å². The molecule has 2 unspecified atom stereocenters. The molecule has 106 valence electrons. The number of nitrogens with one attached hydrogen (secondary N) is 1. The smallest absolute Gasteiger partial charge is 0.310 e. The third kappa shape index (κ3) is 5.36. The van der Waals surface area contributed by atoms with Crippen molar-refractivity contribution < 1.29 is 9.53 Å². The topological polar surface area (TPSA) is 41.6 Å². The van der Waals surface area contributed by atoms with Gasteiger partial charge in [-0.05, 0) is 47.2 Å². The van der Waals surface area contributed by atoms with Crippen molar-refractivity contribution >= 4 is 5.97 Å². The second kappa shape index (κ2) is 6.53. The number of piperidine rings is 1. The zero-order valence-corrected chi connectivity index (χ0v) is 12.5. The van der Waals surface area contributed by atoms with Gasteiger partial charge in [-0.3, -0.25) is 4.79 Å². The van der Waals surface area contributed by atoms with E-state index >= 15 is 0 Å². The molecule has 18 heavy (non-hydrogen) atoms. The highest BCUT2D eigenvalue weighted by Crippen LogP contribution is 2.15. The highest BCUT2D eigenvalue weighted by atomic mass is 16.6. The molecule has 1 saturated heterocycles. The van der Waals surface area contributed by atoms with E-state index in [0.29, 0.717) is 6.04 Å². The minimum absolute atomic E-state index is 0.0557. The zero-order chi connectivity index (χ0) is 13.8. The Bertz CT molecular complexity index is 273. The SMILES string of the molecule is CNC1CCCN(CC(C)C(=O)OC(C)(C)C)C1. The number of carbonyl (C=O) groups excluding carboxylic acids is 1. The Morgan fingerprint density at radius 2 is 2.17 bits per heavy atom. The number of nitrogens with zero attached hydrogens (tertiary/aromatic N) is 1. The van der Waals surface area contributed by atoms with Crippen LogP contribution >= 0.6 is 0 Å². The van der Waals surface area contributed by atoms with Gasteiger partial charge in [0.05, 0.1) is 5.92 Å². The average Bonchev–Trinajstić information content (AvgIpc) is 2.27. The first-order valence-electron chi connectivity index (χ1n) is 6.94. The molecule has 1 rings (SSSR count). The molecule has 0 saturated carbocycles. The summed E-state index contributed by atoms with van der Waals surface area (Å²) in [5.74, 6) is -0.145. The van der Waals surface area contributed by atoms with Gasteiger partial charge in [-0.15, -0.1) is 0 Å². The number of likely N-dealkylation sites (N-methyl/N-ethyl adjacent to an activating group) is 1. The lowest BCUT2D eigenvalue weighted by Crippen LogP contribution is -2.46. The number of carbonyl (C=O) groups is 1. The van der Waals surface area contributed by atoms with Gasteiger partial charge in [-0.2, -0.15) is 0 Å². The maximum Gasteiger partial charge on any atom is 0.310 e. The van der Waals surface area contributed by atoms with Crippen LogP contribution in [0.2, 0.25) is 0 Å². The summed E-state index contributed by atoms with van der Waals surface area (Å²) < 4.78 is 5.41. The monoisotopic (exact) mass is 256 g/mol. The van der Waals surface area contributed by atoms with Gasteiger partial charge in [0.2, 0.25) is 0 Å². The van der Waals surface area contributed by atoms with E-state index in [2.05, 4.69) is 10.2 Å². The second-order valence-electron chi connectivity index (χ2n) is 6.32. The summed E-state index contributed by atoms with van der Waals surface area (Å²) in [4.78, 5) is 14.3. The molecule has 2 atom stereocenters. The fourth-order valence-corrected chi connectivity index (χ4v) is 2.32. The third-order valence-electron chi connectivity index (χ3n) is 3.25. The van der Waals surface area contributed by atoms with E-state index in [1.165, 1.54) is 12.8 Å². The molecule has 0 aromatic rings. The van der Waals surface area contributed by atoms with Crippen LogP contribution in [0, 0.1) is 5.92 Å². The van der Waals surface area contributed by atoms with Gasteiger partial charge in [-0.1, -0.05) is 6.92 Å². The Balaban J connectivity index is 2.39. The molecule has 0 radical (unpaired) electrons. The molecule has 0 aliphatic carbocycles. The van der Waals surface area contributed by atoms with E-state index in [9.17, 15) is 4.79 Å². The Kier molecular flexibility index (Phi) is 5.60. The van der Waals surface area contributed by atoms with Crippen molar-refractivity contribution in [1.29, 1.82) is 0 Å². The highest BCUT2D eigenvalue weighted by molar-refractivity contribution is 5.72. The standard InChI is InChI=1S/C14H28N2O2/c1-11(13(17)18-14(2,3)4)9-16-8-6-7-12(10-16)15-5/h11-12,15H,6-10H2,1-5H3. The average molecular weight is 256 g/mol. The van der Waals surface area contributed by atoms with Gasteiger partial charge < -0.3 is 15.0 Å². The Morgan fingerprint density at radius 3 is 2.72 bits per heavy atom. The van der Waals surface area contributed by atoms with Crippen molar-refractivity contribution in [3.63, 3.8) is 0 Å². The van der Waals surface area contributed by atoms with Gasteiger partial charge in [0.25, 0.3) is 0 Å². The third-order valence-corrected chi connectivity index (χ3v) is 3.25. The lowest BCUT2D eigenvalue weighted by atomic mass is 10.0. The normalized spacial score (nSPS) is 23.7. The van der Waals surface area contributed by atoms with Gasteiger partial charge >= 0.3 is 5.97 Å². The maximum atomic E-state index is 11.9.